The Bertz CT molecular complexity index is 375. The van der Waals surface area contributed by atoms with Gasteiger partial charge in [0.05, 0.1) is 20.1 Å². The van der Waals surface area contributed by atoms with Crippen molar-refractivity contribution in [1.82, 2.24) is 5.32 Å². The monoisotopic (exact) mass is 265 g/mol. The molecule has 1 N–H and O–H groups in total. The fourth-order valence-corrected chi connectivity index (χ4v) is 1.82. The molecule has 4 nitrogen and oxygen atoms in total. The van der Waals surface area contributed by atoms with Crippen LogP contribution in [0.25, 0.3) is 0 Å². The first-order valence-electron chi connectivity index (χ1n) is 6.74. The van der Waals surface area contributed by atoms with Gasteiger partial charge in [0.25, 0.3) is 0 Å². The van der Waals surface area contributed by atoms with Gasteiger partial charge in [0.2, 0.25) is 0 Å². The van der Waals surface area contributed by atoms with Gasteiger partial charge in [-0.15, -0.1) is 0 Å². The molecule has 0 heterocycles. The van der Waals surface area contributed by atoms with E-state index in [1.54, 1.807) is 0 Å². The first-order chi connectivity index (χ1) is 9.21. The Kier molecular flexibility index (Phi) is 6.97. The van der Waals surface area contributed by atoms with Crippen molar-refractivity contribution in [1.29, 1.82) is 0 Å². The van der Waals surface area contributed by atoms with E-state index in [1.165, 1.54) is 7.11 Å². The van der Waals surface area contributed by atoms with E-state index in [1.807, 2.05) is 31.2 Å². The topological polar surface area (TPSA) is 47.6 Å². The van der Waals surface area contributed by atoms with Crippen molar-refractivity contribution in [2.45, 2.75) is 32.7 Å². The Hall–Kier alpha value is -1.55. The number of carbonyl (C=O) groups excluding carboxylic acids is 1. The second kappa shape index (κ2) is 8.53. The number of carbonyl (C=O) groups is 1. The molecule has 0 aromatic heterocycles. The van der Waals surface area contributed by atoms with Crippen molar-refractivity contribution in [3.05, 3.63) is 29.8 Å². The fourth-order valence-electron chi connectivity index (χ4n) is 1.82. The zero-order valence-corrected chi connectivity index (χ0v) is 11.9. The summed E-state index contributed by atoms with van der Waals surface area (Å²) in [7, 11) is 1.41. The third-order valence-electron chi connectivity index (χ3n) is 2.80. The van der Waals surface area contributed by atoms with Crippen molar-refractivity contribution in [3.8, 4) is 5.75 Å². The zero-order valence-electron chi connectivity index (χ0n) is 11.9. The minimum atomic E-state index is -0.211. The van der Waals surface area contributed by atoms with Crippen molar-refractivity contribution < 1.29 is 14.3 Å². The number of nitrogens with one attached hydrogen (secondary N) is 1. The Labute approximate surface area is 115 Å². The van der Waals surface area contributed by atoms with E-state index in [9.17, 15) is 4.79 Å². The van der Waals surface area contributed by atoms with Gasteiger partial charge in [-0.3, -0.25) is 4.79 Å². The van der Waals surface area contributed by atoms with Crippen LogP contribution < -0.4 is 10.1 Å². The normalized spacial score (nSPS) is 11.9. The van der Waals surface area contributed by atoms with Gasteiger partial charge in [-0.1, -0.05) is 26.0 Å². The van der Waals surface area contributed by atoms with E-state index >= 15 is 0 Å². The number of rotatable bonds is 8. The molecule has 0 bridgehead atoms. The van der Waals surface area contributed by atoms with Gasteiger partial charge in [0.1, 0.15) is 5.75 Å². The SMILES string of the molecule is CCCOc1ccc(C(CC(=O)OC)NCC)cc1. The van der Waals surface area contributed by atoms with Crippen molar-refractivity contribution >= 4 is 5.97 Å². The summed E-state index contributed by atoms with van der Waals surface area (Å²) in [5.41, 5.74) is 1.07. The molecule has 0 aliphatic heterocycles. The average Bonchev–Trinajstić information content (AvgIpc) is 2.45. The number of hydrogen-bond acceptors (Lipinski definition) is 4. The molecule has 1 unspecified atom stereocenters. The molecule has 0 saturated heterocycles. The van der Waals surface area contributed by atoms with Crippen LogP contribution >= 0.6 is 0 Å². The number of methoxy groups -OCH3 is 1. The summed E-state index contributed by atoms with van der Waals surface area (Å²) >= 11 is 0. The van der Waals surface area contributed by atoms with E-state index in [0.717, 1.165) is 30.9 Å². The predicted molar refractivity (Wildman–Crippen MR) is 75.3 cm³/mol. The summed E-state index contributed by atoms with van der Waals surface area (Å²) in [6.45, 7) is 5.61. The van der Waals surface area contributed by atoms with Crippen LogP contribution in [-0.4, -0.2) is 26.2 Å². The standard InChI is InChI=1S/C15H23NO3/c1-4-10-19-13-8-6-12(7-9-13)14(16-5-2)11-15(17)18-3/h6-9,14,16H,4-5,10-11H2,1-3H3. The molecule has 0 fully saturated rings. The summed E-state index contributed by atoms with van der Waals surface area (Å²) in [6.07, 6.45) is 1.32. The van der Waals surface area contributed by atoms with Gasteiger partial charge in [-0.25, -0.2) is 0 Å². The zero-order chi connectivity index (χ0) is 14.1. The van der Waals surface area contributed by atoms with Gasteiger partial charge >= 0.3 is 5.97 Å². The van der Waals surface area contributed by atoms with E-state index in [2.05, 4.69) is 12.2 Å². The van der Waals surface area contributed by atoms with Gasteiger partial charge in [-0.2, -0.15) is 0 Å². The maximum absolute atomic E-state index is 11.4. The quantitative estimate of drug-likeness (QED) is 0.734. The Morgan fingerprint density at radius 3 is 2.47 bits per heavy atom. The Morgan fingerprint density at radius 1 is 1.26 bits per heavy atom. The summed E-state index contributed by atoms with van der Waals surface area (Å²) < 4.78 is 10.3. The smallest absolute Gasteiger partial charge is 0.307 e. The molecule has 106 valence electrons. The first-order valence-corrected chi connectivity index (χ1v) is 6.74. The lowest BCUT2D eigenvalue weighted by Gasteiger charge is -2.17. The molecule has 1 rings (SSSR count). The number of benzene rings is 1. The van der Waals surface area contributed by atoms with Crippen molar-refractivity contribution in [3.63, 3.8) is 0 Å². The van der Waals surface area contributed by atoms with E-state index < -0.39 is 0 Å². The molecule has 0 spiro atoms. The summed E-state index contributed by atoms with van der Waals surface area (Å²) in [5.74, 6) is 0.649. The maximum Gasteiger partial charge on any atom is 0.307 e. The molecule has 4 heteroatoms. The largest absolute Gasteiger partial charge is 0.494 e. The van der Waals surface area contributed by atoms with Gasteiger partial charge < -0.3 is 14.8 Å². The van der Waals surface area contributed by atoms with Gasteiger partial charge in [0, 0.05) is 6.04 Å². The van der Waals surface area contributed by atoms with Crippen LogP contribution in [-0.2, 0) is 9.53 Å². The fraction of sp³-hybridized carbons (Fsp3) is 0.533. The summed E-state index contributed by atoms with van der Waals surface area (Å²) in [4.78, 5) is 11.4. The molecular formula is C15H23NO3. The molecular weight excluding hydrogens is 242 g/mol. The average molecular weight is 265 g/mol. The van der Waals surface area contributed by atoms with Crippen LogP contribution in [0.1, 0.15) is 38.3 Å². The summed E-state index contributed by atoms with van der Waals surface area (Å²) in [6, 6.07) is 7.83. The lowest BCUT2D eigenvalue weighted by molar-refractivity contribution is -0.141. The third kappa shape index (κ3) is 5.30. The second-order valence-corrected chi connectivity index (χ2v) is 4.31. The lowest BCUT2D eigenvalue weighted by atomic mass is 10.0. The van der Waals surface area contributed by atoms with Gasteiger partial charge in [0.15, 0.2) is 0 Å². The van der Waals surface area contributed by atoms with E-state index in [0.29, 0.717) is 6.42 Å². The molecule has 0 aliphatic rings. The van der Waals surface area contributed by atoms with Crippen LogP contribution in [0.2, 0.25) is 0 Å². The summed E-state index contributed by atoms with van der Waals surface area (Å²) in [5, 5.41) is 3.29. The van der Waals surface area contributed by atoms with Crippen LogP contribution in [0.15, 0.2) is 24.3 Å². The highest BCUT2D eigenvalue weighted by atomic mass is 16.5. The van der Waals surface area contributed by atoms with Crippen molar-refractivity contribution in [2.24, 2.45) is 0 Å². The van der Waals surface area contributed by atoms with Crippen LogP contribution in [0, 0.1) is 0 Å². The molecule has 19 heavy (non-hydrogen) atoms. The Balaban J connectivity index is 2.70. The maximum atomic E-state index is 11.4. The third-order valence-corrected chi connectivity index (χ3v) is 2.80. The highest BCUT2D eigenvalue weighted by molar-refractivity contribution is 5.70. The minimum Gasteiger partial charge on any atom is -0.494 e. The molecule has 0 aliphatic carbocycles. The lowest BCUT2D eigenvalue weighted by Crippen LogP contribution is -2.24. The number of hydrogen-bond donors (Lipinski definition) is 1. The van der Waals surface area contributed by atoms with Crippen LogP contribution in [0.5, 0.6) is 5.75 Å². The van der Waals surface area contributed by atoms with Crippen LogP contribution in [0.4, 0.5) is 0 Å². The second-order valence-electron chi connectivity index (χ2n) is 4.31. The molecule has 0 radical (unpaired) electrons. The van der Waals surface area contributed by atoms with E-state index in [-0.39, 0.29) is 12.0 Å². The van der Waals surface area contributed by atoms with Gasteiger partial charge in [-0.05, 0) is 30.7 Å². The van der Waals surface area contributed by atoms with Crippen molar-refractivity contribution in [2.75, 3.05) is 20.3 Å². The molecule has 1 aromatic rings. The minimum absolute atomic E-state index is 0.0160. The highest BCUT2D eigenvalue weighted by Crippen LogP contribution is 2.21. The molecule has 0 amide bonds. The molecule has 1 atom stereocenters. The highest BCUT2D eigenvalue weighted by Gasteiger charge is 2.15. The predicted octanol–water partition coefficient (Wildman–Crippen LogP) is 2.69. The van der Waals surface area contributed by atoms with Crippen LogP contribution in [0.3, 0.4) is 0 Å². The molecule has 0 saturated carbocycles. The number of esters is 1. The molecule has 1 aromatic carbocycles. The number of ether oxygens (including phenoxy) is 2. The Morgan fingerprint density at radius 2 is 1.95 bits per heavy atom. The first kappa shape index (κ1) is 15.5. The van der Waals surface area contributed by atoms with E-state index in [4.69, 9.17) is 9.47 Å².